The van der Waals surface area contributed by atoms with Gasteiger partial charge >= 0.3 is 12.6 Å². The zero-order valence-electron chi connectivity index (χ0n) is 17.7. The van der Waals surface area contributed by atoms with E-state index in [2.05, 4.69) is 21.9 Å². The van der Waals surface area contributed by atoms with Gasteiger partial charge < -0.3 is 9.84 Å². The molecule has 2 aromatic rings. The van der Waals surface area contributed by atoms with E-state index in [1.165, 1.54) is 42.1 Å². The van der Waals surface area contributed by atoms with Crippen LogP contribution in [0.15, 0.2) is 30.5 Å². The highest BCUT2D eigenvalue weighted by Crippen LogP contribution is 2.27. The lowest BCUT2D eigenvalue weighted by molar-refractivity contribution is -0.137. The number of pyridine rings is 2. The third-order valence-corrected chi connectivity index (χ3v) is 5.83. The predicted octanol–water partition coefficient (Wildman–Crippen LogP) is 5.71. The molecule has 0 aliphatic heterocycles. The van der Waals surface area contributed by atoms with E-state index in [4.69, 9.17) is 4.98 Å². The van der Waals surface area contributed by atoms with Crippen LogP contribution in [-0.2, 0) is 24.1 Å². The van der Waals surface area contributed by atoms with Gasteiger partial charge in [0.05, 0.1) is 6.42 Å². The zero-order chi connectivity index (χ0) is 22.1. The number of fused-ring (bicyclic) bond motifs is 1. The van der Waals surface area contributed by atoms with Crippen molar-refractivity contribution >= 4 is 5.97 Å². The quantitative estimate of drug-likeness (QED) is 0.435. The van der Waals surface area contributed by atoms with Crippen molar-refractivity contribution in [2.45, 2.75) is 83.2 Å². The van der Waals surface area contributed by atoms with Crippen LogP contribution in [0.4, 0.5) is 8.78 Å². The molecule has 0 spiro atoms. The second kappa shape index (κ2) is 11.7. The van der Waals surface area contributed by atoms with Gasteiger partial charge in [0.1, 0.15) is 0 Å². The number of hydrogen-bond donors (Lipinski definition) is 1. The second-order valence-electron chi connectivity index (χ2n) is 8.17. The molecule has 168 valence electrons. The minimum Gasteiger partial charge on any atom is -0.481 e. The Morgan fingerprint density at radius 1 is 1.06 bits per heavy atom. The van der Waals surface area contributed by atoms with Crippen molar-refractivity contribution in [2.75, 3.05) is 0 Å². The number of nitrogens with zero attached hydrogens (tertiary/aromatic N) is 2. The lowest BCUT2D eigenvalue weighted by atomic mass is 9.91. The SMILES string of the molecule is O=C(O)CC(CCCCCCc1ccc2c(n1)CCCC2)c1ccc(OC(F)F)nc1. The average Bonchev–Trinajstić information content (AvgIpc) is 2.75. The molecule has 0 radical (unpaired) electrons. The maximum atomic E-state index is 12.3. The van der Waals surface area contributed by atoms with Crippen LogP contribution in [0, 0.1) is 0 Å². The van der Waals surface area contributed by atoms with Crippen molar-refractivity contribution < 1.29 is 23.4 Å². The molecule has 1 aliphatic carbocycles. The normalized spacial score (nSPS) is 14.3. The summed E-state index contributed by atoms with van der Waals surface area (Å²) in [6, 6.07) is 7.38. The number of aryl methyl sites for hydroxylation is 3. The fraction of sp³-hybridized carbons (Fsp3) is 0.542. The van der Waals surface area contributed by atoms with Crippen molar-refractivity contribution in [3.8, 4) is 5.88 Å². The Balaban J connectivity index is 1.42. The molecular formula is C24H30F2N2O3. The second-order valence-corrected chi connectivity index (χ2v) is 8.17. The first-order valence-electron chi connectivity index (χ1n) is 11.1. The van der Waals surface area contributed by atoms with Gasteiger partial charge in [-0.05, 0) is 68.1 Å². The lowest BCUT2D eigenvalue weighted by Crippen LogP contribution is -2.08. The third kappa shape index (κ3) is 7.56. The Kier molecular flexibility index (Phi) is 8.74. The van der Waals surface area contributed by atoms with Crippen LogP contribution >= 0.6 is 0 Å². The molecule has 7 heteroatoms. The van der Waals surface area contributed by atoms with Gasteiger partial charge in [-0.15, -0.1) is 0 Å². The minimum absolute atomic E-state index is 0.00419. The summed E-state index contributed by atoms with van der Waals surface area (Å²) in [6.45, 7) is -2.93. The smallest absolute Gasteiger partial charge is 0.388 e. The predicted molar refractivity (Wildman–Crippen MR) is 114 cm³/mol. The van der Waals surface area contributed by atoms with E-state index in [1.807, 2.05) is 0 Å². The largest absolute Gasteiger partial charge is 0.481 e. The molecule has 1 unspecified atom stereocenters. The topological polar surface area (TPSA) is 72.3 Å². The van der Waals surface area contributed by atoms with Crippen LogP contribution in [-0.4, -0.2) is 27.7 Å². The Labute approximate surface area is 181 Å². The van der Waals surface area contributed by atoms with Crippen molar-refractivity contribution in [1.29, 1.82) is 0 Å². The van der Waals surface area contributed by atoms with Gasteiger partial charge in [-0.2, -0.15) is 8.78 Å². The molecule has 1 aliphatic rings. The van der Waals surface area contributed by atoms with Crippen molar-refractivity contribution in [3.05, 3.63) is 53.0 Å². The Morgan fingerprint density at radius 2 is 1.87 bits per heavy atom. The number of carbonyl (C=O) groups is 1. The van der Waals surface area contributed by atoms with E-state index >= 15 is 0 Å². The Morgan fingerprint density at radius 3 is 2.61 bits per heavy atom. The number of aromatic nitrogens is 2. The lowest BCUT2D eigenvalue weighted by Gasteiger charge is -2.16. The number of hydrogen-bond acceptors (Lipinski definition) is 4. The fourth-order valence-electron chi connectivity index (χ4n) is 4.21. The molecule has 0 saturated heterocycles. The molecule has 31 heavy (non-hydrogen) atoms. The van der Waals surface area contributed by atoms with E-state index in [-0.39, 0.29) is 18.2 Å². The summed E-state index contributed by atoms with van der Waals surface area (Å²) in [6.07, 6.45) is 11.9. The highest BCUT2D eigenvalue weighted by Gasteiger charge is 2.17. The molecule has 0 bridgehead atoms. The number of ether oxygens (including phenoxy) is 1. The number of halogens is 2. The van der Waals surface area contributed by atoms with Crippen molar-refractivity contribution in [2.24, 2.45) is 0 Å². The first kappa shape index (κ1) is 23.1. The molecule has 2 aromatic heterocycles. The number of aliphatic carboxylic acids is 1. The van der Waals surface area contributed by atoms with Gasteiger partial charge in [0, 0.05) is 23.7 Å². The summed E-state index contributed by atoms with van der Waals surface area (Å²) in [7, 11) is 0. The summed E-state index contributed by atoms with van der Waals surface area (Å²) < 4.78 is 28.8. The summed E-state index contributed by atoms with van der Waals surface area (Å²) >= 11 is 0. The average molecular weight is 433 g/mol. The number of unbranched alkanes of at least 4 members (excludes halogenated alkanes) is 3. The molecule has 0 fully saturated rings. The summed E-state index contributed by atoms with van der Waals surface area (Å²) in [5.41, 5.74) is 4.59. The van der Waals surface area contributed by atoms with Gasteiger partial charge in [-0.3, -0.25) is 9.78 Å². The number of alkyl halides is 2. The monoisotopic (exact) mass is 432 g/mol. The standard InChI is InChI=1S/C24H30F2N2O3/c25-24(26)31-22-14-12-19(16-27-22)18(15-23(29)30)8-3-1-2-4-9-20-13-11-17-7-5-6-10-21(17)28-20/h11-14,16,18,24H,1-10,15H2,(H,29,30). The third-order valence-electron chi connectivity index (χ3n) is 5.83. The first-order chi connectivity index (χ1) is 15.0. The molecule has 3 rings (SSSR count). The van der Waals surface area contributed by atoms with Gasteiger partial charge in [-0.1, -0.05) is 31.4 Å². The summed E-state index contributed by atoms with van der Waals surface area (Å²) in [5.74, 6) is -1.23. The number of carboxylic acids is 1. The number of rotatable bonds is 12. The number of carboxylic acid groups (broad SMARTS) is 1. The molecule has 1 atom stereocenters. The fourth-order valence-corrected chi connectivity index (χ4v) is 4.21. The van der Waals surface area contributed by atoms with Crippen LogP contribution in [0.5, 0.6) is 5.88 Å². The van der Waals surface area contributed by atoms with E-state index < -0.39 is 12.6 Å². The van der Waals surface area contributed by atoms with Crippen LogP contribution < -0.4 is 4.74 Å². The van der Waals surface area contributed by atoms with E-state index in [0.29, 0.717) is 0 Å². The molecule has 0 aromatic carbocycles. The molecule has 0 saturated carbocycles. The van der Waals surface area contributed by atoms with Crippen molar-refractivity contribution in [1.82, 2.24) is 9.97 Å². The molecule has 0 amide bonds. The molecule has 2 heterocycles. The van der Waals surface area contributed by atoms with Gasteiger partial charge in [-0.25, -0.2) is 4.98 Å². The highest BCUT2D eigenvalue weighted by molar-refractivity contribution is 5.68. The summed E-state index contributed by atoms with van der Waals surface area (Å²) in [4.78, 5) is 19.9. The molecule has 5 nitrogen and oxygen atoms in total. The Hall–Kier alpha value is -2.57. The van der Waals surface area contributed by atoms with E-state index in [9.17, 15) is 18.7 Å². The minimum atomic E-state index is -2.93. The Bertz CT molecular complexity index is 843. The maximum Gasteiger partial charge on any atom is 0.388 e. The van der Waals surface area contributed by atoms with E-state index in [1.54, 1.807) is 6.07 Å². The van der Waals surface area contributed by atoms with Crippen LogP contribution in [0.3, 0.4) is 0 Å². The van der Waals surface area contributed by atoms with Crippen LogP contribution in [0.1, 0.15) is 79.8 Å². The van der Waals surface area contributed by atoms with Crippen LogP contribution in [0.2, 0.25) is 0 Å². The highest BCUT2D eigenvalue weighted by atomic mass is 19.3. The van der Waals surface area contributed by atoms with Crippen LogP contribution in [0.25, 0.3) is 0 Å². The maximum absolute atomic E-state index is 12.3. The zero-order valence-corrected chi connectivity index (χ0v) is 17.7. The molecule has 1 N–H and O–H groups in total. The van der Waals surface area contributed by atoms with Gasteiger partial charge in [0.25, 0.3) is 0 Å². The molecular weight excluding hydrogens is 402 g/mol. The van der Waals surface area contributed by atoms with Gasteiger partial charge in [0.15, 0.2) is 0 Å². The van der Waals surface area contributed by atoms with Gasteiger partial charge in [0.2, 0.25) is 5.88 Å². The summed E-state index contributed by atoms with van der Waals surface area (Å²) in [5, 5.41) is 9.22. The van der Waals surface area contributed by atoms with E-state index in [0.717, 1.165) is 56.9 Å². The van der Waals surface area contributed by atoms with Crippen molar-refractivity contribution in [3.63, 3.8) is 0 Å². The first-order valence-corrected chi connectivity index (χ1v) is 11.1.